The maximum atomic E-state index is 6.16. The number of aromatic nitrogens is 1. The van der Waals surface area contributed by atoms with Crippen LogP contribution >= 0.6 is 11.3 Å². The van der Waals surface area contributed by atoms with Gasteiger partial charge in [-0.25, -0.2) is 4.98 Å². The molecule has 1 saturated carbocycles. The van der Waals surface area contributed by atoms with Crippen molar-refractivity contribution in [3.63, 3.8) is 0 Å². The van der Waals surface area contributed by atoms with Crippen LogP contribution < -0.4 is 5.32 Å². The molecule has 1 fully saturated rings. The molecule has 1 N–H and O–H groups in total. The smallest absolute Gasteiger partial charge is 0.125 e. The minimum absolute atomic E-state index is 0.0902. The molecule has 0 saturated heterocycles. The lowest BCUT2D eigenvalue weighted by Gasteiger charge is -2.26. The Bertz CT molecular complexity index is 442. The standard InChI is InChI=1S/C16H28N2OS/c1-6-19-16(9-7-8-10-16)14-18-13(15(2,3)4)12(20-14)11-17-5/h17H,6-11H2,1-5H3. The first-order valence-electron chi connectivity index (χ1n) is 7.72. The molecule has 0 bridgehead atoms. The van der Waals surface area contributed by atoms with Gasteiger partial charge in [-0.05, 0) is 26.8 Å². The van der Waals surface area contributed by atoms with Gasteiger partial charge in [-0.2, -0.15) is 0 Å². The Kier molecular flexibility index (Phi) is 4.88. The highest BCUT2D eigenvalue weighted by Gasteiger charge is 2.40. The van der Waals surface area contributed by atoms with E-state index in [0.29, 0.717) is 0 Å². The molecule has 0 amide bonds. The zero-order valence-electron chi connectivity index (χ0n) is 13.5. The van der Waals surface area contributed by atoms with Gasteiger partial charge in [-0.1, -0.05) is 33.6 Å². The first-order valence-corrected chi connectivity index (χ1v) is 8.54. The largest absolute Gasteiger partial charge is 0.368 e. The van der Waals surface area contributed by atoms with E-state index in [4.69, 9.17) is 9.72 Å². The minimum Gasteiger partial charge on any atom is -0.368 e. The molecule has 1 aromatic rings. The fourth-order valence-electron chi connectivity index (χ4n) is 3.06. The van der Waals surface area contributed by atoms with Crippen LogP contribution in [-0.2, 0) is 22.3 Å². The average molecular weight is 296 g/mol. The van der Waals surface area contributed by atoms with Crippen molar-refractivity contribution in [3.05, 3.63) is 15.6 Å². The van der Waals surface area contributed by atoms with Crippen LogP contribution in [0.2, 0.25) is 0 Å². The van der Waals surface area contributed by atoms with Crippen molar-refractivity contribution >= 4 is 11.3 Å². The Balaban J connectivity index is 2.41. The van der Waals surface area contributed by atoms with E-state index in [-0.39, 0.29) is 11.0 Å². The van der Waals surface area contributed by atoms with Crippen LogP contribution in [0.4, 0.5) is 0 Å². The Hall–Kier alpha value is -0.450. The second-order valence-corrected chi connectivity index (χ2v) is 7.79. The van der Waals surface area contributed by atoms with Crippen LogP contribution in [0.1, 0.15) is 69.0 Å². The topological polar surface area (TPSA) is 34.1 Å². The molecule has 1 heterocycles. The quantitative estimate of drug-likeness (QED) is 0.893. The summed E-state index contributed by atoms with van der Waals surface area (Å²) in [6, 6.07) is 0. The number of rotatable bonds is 5. The fraction of sp³-hybridized carbons (Fsp3) is 0.812. The highest BCUT2D eigenvalue weighted by molar-refractivity contribution is 7.11. The van der Waals surface area contributed by atoms with Crippen LogP contribution in [-0.4, -0.2) is 18.6 Å². The van der Waals surface area contributed by atoms with Gasteiger partial charge in [-0.15, -0.1) is 11.3 Å². The van der Waals surface area contributed by atoms with Crippen LogP contribution in [0.5, 0.6) is 0 Å². The van der Waals surface area contributed by atoms with E-state index in [9.17, 15) is 0 Å². The van der Waals surface area contributed by atoms with E-state index in [1.165, 1.54) is 28.4 Å². The van der Waals surface area contributed by atoms with Gasteiger partial charge >= 0.3 is 0 Å². The third-order valence-electron chi connectivity index (χ3n) is 3.97. The normalized spacial score (nSPS) is 18.6. The molecule has 0 radical (unpaired) electrons. The van der Waals surface area contributed by atoms with Crippen molar-refractivity contribution in [3.8, 4) is 0 Å². The molecule has 1 aliphatic rings. The second kappa shape index (κ2) is 6.12. The minimum atomic E-state index is -0.106. The van der Waals surface area contributed by atoms with Crippen LogP contribution in [0.25, 0.3) is 0 Å². The van der Waals surface area contributed by atoms with E-state index in [0.717, 1.165) is 26.0 Å². The van der Waals surface area contributed by atoms with Crippen molar-refractivity contribution in [1.82, 2.24) is 10.3 Å². The molecule has 0 unspecified atom stereocenters. The molecule has 1 aliphatic carbocycles. The number of hydrogen-bond acceptors (Lipinski definition) is 4. The molecule has 0 spiro atoms. The number of nitrogens with zero attached hydrogens (tertiary/aromatic N) is 1. The lowest BCUT2D eigenvalue weighted by Crippen LogP contribution is -2.26. The van der Waals surface area contributed by atoms with Crippen molar-refractivity contribution < 1.29 is 4.74 Å². The average Bonchev–Trinajstić information content (AvgIpc) is 2.96. The van der Waals surface area contributed by atoms with Gasteiger partial charge in [0, 0.05) is 23.4 Å². The maximum absolute atomic E-state index is 6.16. The molecule has 2 rings (SSSR count). The first-order chi connectivity index (χ1) is 9.43. The molecule has 1 aromatic heterocycles. The number of ether oxygens (including phenoxy) is 1. The summed E-state index contributed by atoms with van der Waals surface area (Å²) in [5.41, 5.74) is 1.22. The number of hydrogen-bond donors (Lipinski definition) is 1. The summed E-state index contributed by atoms with van der Waals surface area (Å²) in [6.07, 6.45) is 4.76. The van der Waals surface area contributed by atoms with Crippen LogP contribution in [0.15, 0.2) is 0 Å². The SMILES string of the molecule is CCOC1(c2nc(C(C)(C)C)c(CNC)s2)CCCC1. The Morgan fingerprint density at radius 1 is 1.30 bits per heavy atom. The van der Waals surface area contributed by atoms with Crippen molar-refractivity contribution in [1.29, 1.82) is 0 Å². The van der Waals surface area contributed by atoms with E-state index in [2.05, 4.69) is 33.0 Å². The second-order valence-electron chi connectivity index (χ2n) is 6.71. The fourth-order valence-corrected chi connectivity index (χ4v) is 4.54. The van der Waals surface area contributed by atoms with Gasteiger partial charge < -0.3 is 10.1 Å². The Labute approximate surface area is 127 Å². The summed E-state index contributed by atoms with van der Waals surface area (Å²) in [7, 11) is 2.00. The van der Waals surface area contributed by atoms with Gasteiger partial charge in [0.15, 0.2) is 0 Å². The molecule has 20 heavy (non-hydrogen) atoms. The third-order valence-corrected chi connectivity index (χ3v) is 5.21. The van der Waals surface area contributed by atoms with Crippen LogP contribution in [0, 0.1) is 0 Å². The van der Waals surface area contributed by atoms with Gasteiger partial charge in [-0.3, -0.25) is 0 Å². The number of nitrogens with one attached hydrogen (secondary N) is 1. The zero-order chi connectivity index (χ0) is 14.8. The Morgan fingerprint density at radius 2 is 1.95 bits per heavy atom. The third kappa shape index (κ3) is 3.07. The van der Waals surface area contributed by atoms with Gasteiger partial charge in [0.1, 0.15) is 10.6 Å². The molecular formula is C16H28N2OS. The predicted octanol–water partition coefficient (Wildman–Crippen LogP) is 3.97. The highest BCUT2D eigenvalue weighted by atomic mass is 32.1. The first kappa shape index (κ1) is 15.9. The molecule has 4 heteroatoms. The summed E-state index contributed by atoms with van der Waals surface area (Å²) < 4.78 is 6.16. The van der Waals surface area contributed by atoms with E-state index in [1.807, 2.05) is 18.4 Å². The summed E-state index contributed by atoms with van der Waals surface area (Å²) in [6.45, 7) is 10.5. The van der Waals surface area contributed by atoms with Gasteiger partial charge in [0.25, 0.3) is 0 Å². The summed E-state index contributed by atoms with van der Waals surface area (Å²) in [5, 5.41) is 4.48. The van der Waals surface area contributed by atoms with Crippen molar-refractivity contribution in [2.75, 3.05) is 13.7 Å². The lowest BCUT2D eigenvalue weighted by atomic mass is 9.91. The number of thiazole rings is 1. The van der Waals surface area contributed by atoms with Crippen molar-refractivity contribution in [2.45, 2.75) is 70.9 Å². The Morgan fingerprint density at radius 3 is 2.45 bits per heavy atom. The lowest BCUT2D eigenvalue weighted by molar-refractivity contribution is -0.0392. The summed E-state index contributed by atoms with van der Waals surface area (Å²) in [4.78, 5) is 6.39. The van der Waals surface area contributed by atoms with Crippen molar-refractivity contribution in [2.24, 2.45) is 0 Å². The maximum Gasteiger partial charge on any atom is 0.125 e. The molecule has 3 nitrogen and oxygen atoms in total. The predicted molar refractivity (Wildman–Crippen MR) is 85.3 cm³/mol. The van der Waals surface area contributed by atoms with E-state index >= 15 is 0 Å². The summed E-state index contributed by atoms with van der Waals surface area (Å²) in [5.74, 6) is 0. The molecule has 0 aliphatic heterocycles. The molecular weight excluding hydrogens is 268 g/mol. The summed E-state index contributed by atoms with van der Waals surface area (Å²) >= 11 is 1.85. The zero-order valence-corrected chi connectivity index (χ0v) is 14.3. The highest BCUT2D eigenvalue weighted by Crippen LogP contribution is 2.45. The molecule has 114 valence electrons. The molecule has 0 atom stereocenters. The van der Waals surface area contributed by atoms with E-state index < -0.39 is 0 Å². The van der Waals surface area contributed by atoms with Gasteiger partial charge in [0.05, 0.1) is 5.69 Å². The van der Waals surface area contributed by atoms with Gasteiger partial charge in [0.2, 0.25) is 0 Å². The molecule has 0 aromatic carbocycles. The van der Waals surface area contributed by atoms with Crippen LogP contribution in [0.3, 0.4) is 0 Å². The monoisotopic (exact) mass is 296 g/mol. The van der Waals surface area contributed by atoms with E-state index in [1.54, 1.807) is 0 Å².